The molecular weight excluding hydrogens is 456 g/mol. The van der Waals surface area contributed by atoms with Gasteiger partial charge >= 0.3 is 0 Å². The molecule has 0 spiro atoms. The van der Waals surface area contributed by atoms with Crippen LogP contribution in [0.4, 0.5) is 0 Å². The van der Waals surface area contributed by atoms with E-state index in [0.29, 0.717) is 115 Å². The summed E-state index contributed by atoms with van der Waals surface area (Å²) in [4.78, 5) is 0. The predicted molar refractivity (Wildman–Crippen MR) is 129 cm³/mol. The molecule has 0 aliphatic carbocycles. The molecule has 2 aromatic rings. The van der Waals surface area contributed by atoms with Crippen LogP contribution < -0.4 is 18.9 Å². The van der Waals surface area contributed by atoms with Crippen molar-refractivity contribution >= 4 is 0 Å². The van der Waals surface area contributed by atoms with E-state index >= 15 is 0 Å². The zero-order valence-corrected chi connectivity index (χ0v) is 20.2. The molecule has 0 unspecified atom stereocenters. The number of hydrogen-bond acceptors (Lipinski definition) is 9. The second-order valence-corrected chi connectivity index (χ2v) is 7.35. The molecule has 1 aliphatic rings. The quantitative estimate of drug-likeness (QED) is 0.551. The maximum absolute atomic E-state index is 5.88. The van der Waals surface area contributed by atoms with Gasteiger partial charge in [0, 0.05) is 0 Å². The predicted octanol–water partition coefficient (Wildman–Crippen LogP) is 3.00. The normalized spacial score (nSPS) is 18.7. The van der Waals surface area contributed by atoms with Crippen molar-refractivity contribution in [2.75, 3.05) is 92.5 Å². The number of para-hydroxylation sites is 4. The van der Waals surface area contributed by atoms with Gasteiger partial charge in [-0.05, 0) is 24.3 Å². The fourth-order valence-electron chi connectivity index (χ4n) is 3.08. The Hall–Kier alpha value is -2.56. The first-order valence-electron chi connectivity index (χ1n) is 12.0. The summed E-state index contributed by atoms with van der Waals surface area (Å²) in [5.41, 5.74) is 0. The molecule has 0 fully saturated rings. The highest BCUT2D eigenvalue weighted by atomic mass is 16.6. The summed E-state index contributed by atoms with van der Waals surface area (Å²) in [5, 5.41) is 0. The Kier molecular flexibility index (Phi) is 13.8. The molecule has 0 aromatic heterocycles. The highest BCUT2D eigenvalue weighted by molar-refractivity contribution is 5.40. The summed E-state index contributed by atoms with van der Waals surface area (Å²) in [6, 6.07) is 15.1. The molecule has 194 valence electrons. The van der Waals surface area contributed by atoms with Crippen LogP contribution in [0.3, 0.4) is 0 Å². The number of rotatable bonds is 0. The molecule has 9 heteroatoms. The number of fused-ring (bicyclic) bond motifs is 2. The highest BCUT2D eigenvalue weighted by Gasteiger charge is 2.07. The highest BCUT2D eigenvalue weighted by Crippen LogP contribution is 2.28. The van der Waals surface area contributed by atoms with E-state index in [1.54, 1.807) is 0 Å². The molecule has 9 nitrogen and oxygen atoms in total. The van der Waals surface area contributed by atoms with E-state index in [9.17, 15) is 0 Å². The van der Waals surface area contributed by atoms with Gasteiger partial charge in [-0.3, -0.25) is 0 Å². The summed E-state index contributed by atoms with van der Waals surface area (Å²) < 4.78 is 51.0. The van der Waals surface area contributed by atoms with Gasteiger partial charge in [-0.1, -0.05) is 24.3 Å². The maximum atomic E-state index is 5.88. The van der Waals surface area contributed by atoms with Gasteiger partial charge < -0.3 is 42.6 Å². The molecule has 0 N–H and O–H groups in total. The van der Waals surface area contributed by atoms with Crippen LogP contribution in [0.2, 0.25) is 0 Å². The lowest BCUT2D eigenvalue weighted by molar-refractivity contribution is -0.0142. The van der Waals surface area contributed by atoms with E-state index in [-0.39, 0.29) is 0 Å². The fourth-order valence-corrected chi connectivity index (χ4v) is 3.08. The lowest BCUT2D eigenvalue weighted by Gasteiger charge is -2.15. The van der Waals surface area contributed by atoms with Gasteiger partial charge in [-0.15, -0.1) is 0 Å². The Labute approximate surface area is 207 Å². The molecule has 1 aliphatic heterocycles. The molecule has 1 heterocycles. The van der Waals surface area contributed by atoms with Gasteiger partial charge in [0.1, 0.15) is 26.4 Å². The van der Waals surface area contributed by atoms with Crippen LogP contribution in [-0.4, -0.2) is 92.5 Å². The summed E-state index contributed by atoms with van der Waals surface area (Å²) in [6.07, 6.45) is 0. The van der Waals surface area contributed by atoms with Gasteiger partial charge in [0.15, 0.2) is 23.0 Å². The molecule has 0 radical (unpaired) electrons. The van der Waals surface area contributed by atoms with Gasteiger partial charge in [-0.25, -0.2) is 0 Å². The minimum atomic E-state index is 0.357. The van der Waals surface area contributed by atoms with E-state index < -0.39 is 0 Å². The first kappa shape index (κ1) is 27.0. The van der Waals surface area contributed by atoms with Crippen LogP contribution in [0.1, 0.15) is 0 Å². The molecule has 0 amide bonds. The van der Waals surface area contributed by atoms with Crippen LogP contribution in [0.25, 0.3) is 0 Å². The summed E-state index contributed by atoms with van der Waals surface area (Å²) in [6.45, 7) is 6.50. The molecular formula is C26H36O9. The largest absolute Gasteiger partial charge is 0.487 e. The zero-order chi connectivity index (χ0) is 24.2. The third-order valence-corrected chi connectivity index (χ3v) is 4.76. The molecule has 0 atom stereocenters. The van der Waals surface area contributed by atoms with E-state index in [1.807, 2.05) is 48.5 Å². The lowest BCUT2D eigenvalue weighted by Crippen LogP contribution is -2.15. The van der Waals surface area contributed by atoms with Crippen LogP contribution in [0, 0.1) is 0 Å². The molecule has 3 rings (SSSR count). The van der Waals surface area contributed by atoms with Gasteiger partial charge in [0.25, 0.3) is 0 Å². The van der Waals surface area contributed by atoms with Crippen molar-refractivity contribution in [2.45, 2.75) is 0 Å². The van der Waals surface area contributed by atoms with Gasteiger partial charge in [0.05, 0.1) is 66.1 Å². The van der Waals surface area contributed by atoms with Gasteiger partial charge in [0.2, 0.25) is 0 Å². The van der Waals surface area contributed by atoms with Crippen molar-refractivity contribution in [3.8, 4) is 23.0 Å². The first-order chi connectivity index (χ1) is 17.4. The number of ether oxygens (including phenoxy) is 9. The maximum Gasteiger partial charge on any atom is 0.161 e. The average Bonchev–Trinajstić information content (AvgIpc) is 2.89. The number of hydrogen-bond donors (Lipinski definition) is 0. The first-order valence-corrected chi connectivity index (χ1v) is 12.0. The van der Waals surface area contributed by atoms with Crippen molar-refractivity contribution in [1.29, 1.82) is 0 Å². The third kappa shape index (κ3) is 11.6. The van der Waals surface area contributed by atoms with Crippen molar-refractivity contribution in [3.63, 3.8) is 0 Å². The van der Waals surface area contributed by atoms with Crippen molar-refractivity contribution in [2.24, 2.45) is 0 Å². The molecule has 0 saturated carbocycles. The summed E-state index contributed by atoms with van der Waals surface area (Å²) in [7, 11) is 0. The molecule has 0 saturated heterocycles. The molecule has 2 aromatic carbocycles. The second-order valence-electron chi connectivity index (χ2n) is 7.35. The Bertz CT molecular complexity index is 736. The Morgan fingerprint density at radius 1 is 0.286 bits per heavy atom. The van der Waals surface area contributed by atoms with E-state index in [2.05, 4.69) is 0 Å². The van der Waals surface area contributed by atoms with Crippen molar-refractivity contribution in [3.05, 3.63) is 48.5 Å². The van der Waals surface area contributed by atoms with E-state index in [1.165, 1.54) is 0 Å². The Morgan fingerprint density at radius 3 is 0.743 bits per heavy atom. The average molecular weight is 493 g/mol. The molecule has 0 bridgehead atoms. The summed E-state index contributed by atoms with van der Waals surface area (Å²) >= 11 is 0. The molecule has 35 heavy (non-hydrogen) atoms. The lowest BCUT2D eigenvalue weighted by atomic mass is 10.3. The SMILES string of the molecule is c1ccc2c(c1)OCCOCCOCCOCCOCCOCCOc1ccccc1OCCO2. The van der Waals surface area contributed by atoms with Gasteiger partial charge in [-0.2, -0.15) is 0 Å². The minimum absolute atomic E-state index is 0.357. The van der Waals surface area contributed by atoms with Crippen LogP contribution >= 0.6 is 0 Å². The smallest absolute Gasteiger partial charge is 0.161 e. The topological polar surface area (TPSA) is 83.1 Å². The summed E-state index contributed by atoms with van der Waals surface area (Å²) in [5.74, 6) is 2.63. The van der Waals surface area contributed by atoms with Crippen LogP contribution in [0.15, 0.2) is 48.5 Å². The zero-order valence-electron chi connectivity index (χ0n) is 20.2. The Balaban J connectivity index is 1.47. The van der Waals surface area contributed by atoms with Crippen molar-refractivity contribution in [1.82, 2.24) is 0 Å². The fraction of sp³-hybridized carbons (Fsp3) is 0.538. The Morgan fingerprint density at radius 2 is 0.486 bits per heavy atom. The monoisotopic (exact) mass is 492 g/mol. The second kappa shape index (κ2) is 17.8. The van der Waals surface area contributed by atoms with Crippen LogP contribution in [0.5, 0.6) is 23.0 Å². The van der Waals surface area contributed by atoms with E-state index in [4.69, 9.17) is 42.6 Å². The number of benzene rings is 2. The van der Waals surface area contributed by atoms with Crippen LogP contribution in [-0.2, 0) is 23.7 Å². The van der Waals surface area contributed by atoms with E-state index in [0.717, 1.165) is 0 Å². The third-order valence-electron chi connectivity index (χ3n) is 4.76. The standard InChI is InChI=1S/C26H36O9/c1-3-7-25-23(5-1)32-19-17-30-15-13-28-11-9-27-10-12-29-14-16-31-18-20-33-24-6-2-4-8-26(24)35-22-21-34-25/h1-8H,9-22H2. The minimum Gasteiger partial charge on any atom is -0.487 e. The van der Waals surface area contributed by atoms with Crippen molar-refractivity contribution < 1.29 is 42.6 Å².